The number of fused-ring (bicyclic) bond motifs is 2. The van der Waals surface area contributed by atoms with Gasteiger partial charge in [0.2, 0.25) is 0 Å². The van der Waals surface area contributed by atoms with Crippen LogP contribution in [-0.2, 0) is 16.1 Å². The molecule has 152 valence electrons. The molecule has 0 aliphatic heterocycles. The van der Waals surface area contributed by atoms with Gasteiger partial charge in [-0.3, -0.25) is 4.79 Å². The number of nitrogens with zero attached hydrogens (tertiary/aromatic N) is 2. The van der Waals surface area contributed by atoms with Gasteiger partial charge < -0.3 is 25.4 Å². The van der Waals surface area contributed by atoms with Gasteiger partial charge in [-0.05, 0) is 38.1 Å². The Bertz CT molecular complexity index is 1110. The van der Waals surface area contributed by atoms with Crippen LogP contribution in [0.2, 0.25) is 0 Å². The Morgan fingerprint density at radius 2 is 1.86 bits per heavy atom. The minimum atomic E-state index is -1.43. The summed E-state index contributed by atoms with van der Waals surface area (Å²) in [5.74, 6) is -1.48. The van der Waals surface area contributed by atoms with Gasteiger partial charge in [0.1, 0.15) is 29.4 Å². The molecule has 0 bridgehead atoms. The predicted molar refractivity (Wildman–Crippen MR) is 105 cm³/mol. The van der Waals surface area contributed by atoms with Crippen LogP contribution < -0.4 is 10.5 Å². The molecule has 0 fully saturated rings. The molecule has 29 heavy (non-hydrogen) atoms. The topological polar surface area (TPSA) is 145 Å². The third-order valence-corrected chi connectivity index (χ3v) is 4.50. The molecule has 2 aromatic carbocycles. The van der Waals surface area contributed by atoms with E-state index in [0.717, 1.165) is 0 Å². The van der Waals surface area contributed by atoms with Gasteiger partial charge in [0.05, 0.1) is 29.3 Å². The minimum absolute atomic E-state index is 0.0203. The van der Waals surface area contributed by atoms with E-state index in [1.165, 1.54) is 27.0 Å². The maximum Gasteiger partial charge on any atom is 0.337 e. The van der Waals surface area contributed by atoms with E-state index in [0.29, 0.717) is 27.9 Å². The second-order valence-corrected chi connectivity index (χ2v) is 7.07. The summed E-state index contributed by atoms with van der Waals surface area (Å²) in [5, 5.41) is 19.3. The lowest BCUT2D eigenvalue weighted by atomic mass is 10.0. The number of carbonyl (C=O) groups is 2. The van der Waals surface area contributed by atoms with Crippen LogP contribution in [0.3, 0.4) is 0 Å². The summed E-state index contributed by atoms with van der Waals surface area (Å²) in [7, 11) is 1.46. The van der Waals surface area contributed by atoms with Crippen molar-refractivity contribution >= 4 is 34.0 Å². The molecule has 0 saturated carbocycles. The standard InChI is InChI=1S/C20H21N3O6/c1-20(2,27)17(21)19(26)29-9-10-7-8-13(28-3)16-14(10)22-12-6-4-5-11(18(24)25)15(12)23-16/h4-8,17,27H,9,21H2,1-3H3,(H,24,25). The number of aromatic carboxylic acids is 1. The Morgan fingerprint density at radius 1 is 1.14 bits per heavy atom. The smallest absolute Gasteiger partial charge is 0.337 e. The molecule has 1 heterocycles. The fraction of sp³-hybridized carbons (Fsp3) is 0.300. The normalized spacial score (nSPS) is 12.7. The number of aromatic nitrogens is 2. The molecule has 9 nitrogen and oxygen atoms in total. The van der Waals surface area contributed by atoms with Crippen LogP contribution in [0.25, 0.3) is 22.1 Å². The van der Waals surface area contributed by atoms with Gasteiger partial charge in [-0.25, -0.2) is 14.8 Å². The van der Waals surface area contributed by atoms with Crippen LogP contribution in [0.4, 0.5) is 0 Å². The summed E-state index contributed by atoms with van der Waals surface area (Å²) in [6, 6.07) is 6.76. The molecule has 3 rings (SSSR count). The number of aliphatic hydroxyl groups is 1. The maximum absolute atomic E-state index is 12.1. The van der Waals surface area contributed by atoms with Crippen molar-refractivity contribution in [1.29, 1.82) is 0 Å². The average Bonchev–Trinajstić information content (AvgIpc) is 2.68. The first-order valence-corrected chi connectivity index (χ1v) is 8.77. The zero-order valence-electron chi connectivity index (χ0n) is 16.2. The molecular weight excluding hydrogens is 378 g/mol. The minimum Gasteiger partial charge on any atom is -0.494 e. The summed E-state index contributed by atoms with van der Waals surface area (Å²) >= 11 is 0. The number of para-hydroxylation sites is 1. The van der Waals surface area contributed by atoms with Crippen molar-refractivity contribution in [3.8, 4) is 5.75 Å². The van der Waals surface area contributed by atoms with E-state index in [9.17, 15) is 19.8 Å². The Labute approximate surface area is 166 Å². The van der Waals surface area contributed by atoms with Crippen LogP contribution in [0.1, 0.15) is 29.8 Å². The van der Waals surface area contributed by atoms with Gasteiger partial charge in [0.25, 0.3) is 0 Å². The van der Waals surface area contributed by atoms with Crippen LogP contribution in [-0.4, -0.2) is 50.9 Å². The molecule has 0 radical (unpaired) electrons. The molecule has 0 saturated heterocycles. The molecule has 0 aliphatic carbocycles. The summed E-state index contributed by atoms with van der Waals surface area (Å²) in [5.41, 5.74) is 6.19. The van der Waals surface area contributed by atoms with E-state index in [-0.39, 0.29) is 17.7 Å². The molecule has 9 heteroatoms. The molecule has 3 aromatic rings. The number of carbonyl (C=O) groups excluding carboxylic acids is 1. The number of hydrogen-bond acceptors (Lipinski definition) is 8. The lowest BCUT2D eigenvalue weighted by Gasteiger charge is -2.23. The molecule has 1 aromatic heterocycles. The number of nitrogens with two attached hydrogens (primary N) is 1. The van der Waals surface area contributed by atoms with E-state index in [1.54, 1.807) is 24.3 Å². The third-order valence-electron chi connectivity index (χ3n) is 4.50. The van der Waals surface area contributed by atoms with E-state index in [2.05, 4.69) is 9.97 Å². The van der Waals surface area contributed by atoms with E-state index in [4.69, 9.17) is 15.2 Å². The first-order chi connectivity index (χ1) is 13.6. The highest BCUT2D eigenvalue weighted by molar-refractivity contribution is 6.03. The number of hydrogen-bond donors (Lipinski definition) is 3. The van der Waals surface area contributed by atoms with Crippen molar-refractivity contribution < 1.29 is 29.3 Å². The second kappa shape index (κ2) is 7.61. The molecular formula is C20H21N3O6. The fourth-order valence-electron chi connectivity index (χ4n) is 2.79. The zero-order valence-corrected chi connectivity index (χ0v) is 16.2. The number of methoxy groups -OCH3 is 1. The summed E-state index contributed by atoms with van der Waals surface area (Å²) in [4.78, 5) is 32.6. The van der Waals surface area contributed by atoms with Crippen LogP contribution >= 0.6 is 0 Å². The number of rotatable bonds is 6. The van der Waals surface area contributed by atoms with Crippen molar-refractivity contribution in [1.82, 2.24) is 9.97 Å². The van der Waals surface area contributed by atoms with E-state index >= 15 is 0 Å². The molecule has 0 aliphatic rings. The molecule has 0 amide bonds. The Kier molecular flexibility index (Phi) is 5.36. The number of carboxylic acid groups (broad SMARTS) is 1. The number of carboxylic acids is 1. The van der Waals surface area contributed by atoms with Gasteiger partial charge in [-0.1, -0.05) is 6.07 Å². The Morgan fingerprint density at radius 3 is 2.48 bits per heavy atom. The van der Waals surface area contributed by atoms with E-state index in [1.807, 2.05) is 0 Å². The highest BCUT2D eigenvalue weighted by Gasteiger charge is 2.31. The Balaban J connectivity index is 2.07. The molecule has 1 atom stereocenters. The van der Waals surface area contributed by atoms with Gasteiger partial charge in [-0.15, -0.1) is 0 Å². The summed E-state index contributed by atoms with van der Waals surface area (Å²) in [6.45, 7) is 2.68. The van der Waals surface area contributed by atoms with Crippen LogP contribution in [0.15, 0.2) is 30.3 Å². The van der Waals surface area contributed by atoms with Crippen LogP contribution in [0.5, 0.6) is 5.75 Å². The quantitative estimate of drug-likeness (QED) is 0.416. The highest BCUT2D eigenvalue weighted by Crippen LogP contribution is 2.29. The second-order valence-electron chi connectivity index (χ2n) is 7.07. The number of ether oxygens (including phenoxy) is 2. The first-order valence-electron chi connectivity index (χ1n) is 8.77. The average molecular weight is 399 g/mol. The van der Waals surface area contributed by atoms with Crippen molar-refractivity contribution in [3.63, 3.8) is 0 Å². The van der Waals surface area contributed by atoms with E-state index < -0.39 is 23.6 Å². The number of esters is 1. The van der Waals surface area contributed by atoms with Gasteiger partial charge in [0.15, 0.2) is 0 Å². The van der Waals surface area contributed by atoms with Crippen molar-refractivity contribution in [2.24, 2.45) is 5.73 Å². The molecule has 4 N–H and O–H groups in total. The summed E-state index contributed by atoms with van der Waals surface area (Å²) < 4.78 is 10.6. The van der Waals surface area contributed by atoms with Crippen molar-refractivity contribution in [2.75, 3.05) is 7.11 Å². The highest BCUT2D eigenvalue weighted by atomic mass is 16.5. The predicted octanol–water partition coefficient (Wildman–Crippen LogP) is 1.63. The monoisotopic (exact) mass is 399 g/mol. The largest absolute Gasteiger partial charge is 0.494 e. The van der Waals surface area contributed by atoms with Crippen molar-refractivity contribution in [3.05, 3.63) is 41.5 Å². The third kappa shape index (κ3) is 3.96. The van der Waals surface area contributed by atoms with Gasteiger partial charge >= 0.3 is 11.9 Å². The fourth-order valence-corrected chi connectivity index (χ4v) is 2.79. The van der Waals surface area contributed by atoms with Crippen LogP contribution in [0, 0.1) is 0 Å². The SMILES string of the molecule is COc1ccc(COC(=O)C(N)C(C)(C)O)c2nc3cccc(C(=O)O)c3nc12. The molecule has 1 unspecified atom stereocenters. The van der Waals surface area contributed by atoms with Crippen molar-refractivity contribution in [2.45, 2.75) is 32.1 Å². The lowest BCUT2D eigenvalue weighted by molar-refractivity contribution is -0.152. The Hall–Kier alpha value is -3.30. The number of benzene rings is 2. The lowest BCUT2D eigenvalue weighted by Crippen LogP contribution is -2.49. The zero-order chi connectivity index (χ0) is 21.3. The van der Waals surface area contributed by atoms with Gasteiger partial charge in [0, 0.05) is 5.56 Å². The maximum atomic E-state index is 12.1. The first kappa shape index (κ1) is 20.4. The molecule has 0 spiro atoms. The summed E-state index contributed by atoms with van der Waals surface area (Å²) in [6.07, 6.45) is 0. The van der Waals surface area contributed by atoms with Gasteiger partial charge in [-0.2, -0.15) is 0 Å².